The lowest BCUT2D eigenvalue weighted by atomic mass is 9.80. The van der Waals surface area contributed by atoms with Gasteiger partial charge in [-0.25, -0.2) is 13.8 Å². The molecule has 1 aromatic carbocycles. The molecule has 0 radical (unpaired) electrons. The summed E-state index contributed by atoms with van der Waals surface area (Å²) in [4.78, 5) is 22.0. The first-order chi connectivity index (χ1) is 16.4. The molecule has 0 aliphatic heterocycles. The molecule has 0 amide bonds. The molecule has 7 nitrogen and oxygen atoms in total. The lowest BCUT2D eigenvalue weighted by Crippen LogP contribution is -2.38. The number of ether oxygens (including phenoxy) is 1. The number of ketones is 1. The van der Waals surface area contributed by atoms with Gasteiger partial charge in [0.25, 0.3) is 0 Å². The van der Waals surface area contributed by atoms with Crippen LogP contribution >= 0.6 is 0 Å². The van der Waals surface area contributed by atoms with Crippen LogP contribution in [0.15, 0.2) is 60.9 Å². The van der Waals surface area contributed by atoms with Gasteiger partial charge in [-0.2, -0.15) is 0 Å². The third-order valence-corrected chi connectivity index (χ3v) is 5.80. The number of halogens is 2. The molecular formula is C25H23F2N3O4. The van der Waals surface area contributed by atoms with E-state index in [0.717, 1.165) is 12.1 Å². The number of aliphatic hydroxyl groups is 2. The van der Waals surface area contributed by atoms with Crippen LogP contribution in [0.5, 0.6) is 5.75 Å². The maximum atomic E-state index is 14.0. The van der Waals surface area contributed by atoms with Crippen molar-refractivity contribution in [1.82, 2.24) is 14.4 Å². The van der Waals surface area contributed by atoms with Gasteiger partial charge in [0.05, 0.1) is 35.6 Å². The molecule has 0 saturated heterocycles. The number of pyridine rings is 2. The third kappa shape index (κ3) is 4.27. The Kier molecular flexibility index (Phi) is 6.67. The van der Waals surface area contributed by atoms with Gasteiger partial charge in [0.2, 0.25) is 0 Å². The van der Waals surface area contributed by atoms with Gasteiger partial charge in [0.1, 0.15) is 23.9 Å². The van der Waals surface area contributed by atoms with Gasteiger partial charge in [-0.3, -0.25) is 14.2 Å². The molecule has 0 unspecified atom stereocenters. The van der Waals surface area contributed by atoms with Crippen molar-refractivity contribution in [3.8, 4) is 5.75 Å². The summed E-state index contributed by atoms with van der Waals surface area (Å²) in [5.41, 5.74) is -0.128. The Balaban J connectivity index is 1.66. The predicted octanol–water partition coefficient (Wildman–Crippen LogP) is 3.39. The SMILES string of the molecule is Cc1nc2c(OCc3c(F)cccc3F)cccn2c1C(=O)CC(CO)(CO)c1ccccn1. The number of hydrogen-bond donors (Lipinski definition) is 2. The van der Waals surface area contributed by atoms with Crippen LogP contribution in [0, 0.1) is 18.6 Å². The van der Waals surface area contributed by atoms with E-state index >= 15 is 0 Å². The van der Waals surface area contributed by atoms with E-state index in [1.165, 1.54) is 16.7 Å². The molecular weight excluding hydrogens is 444 g/mol. The van der Waals surface area contributed by atoms with Crippen LogP contribution in [0.1, 0.15) is 33.9 Å². The number of aryl methyl sites for hydroxylation is 1. The number of carbonyl (C=O) groups is 1. The molecule has 3 heterocycles. The average Bonchev–Trinajstić information content (AvgIpc) is 3.19. The van der Waals surface area contributed by atoms with Crippen LogP contribution in [0.4, 0.5) is 8.78 Å². The maximum absolute atomic E-state index is 14.0. The van der Waals surface area contributed by atoms with E-state index < -0.39 is 30.3 Å². The number of carbonyl (C=O) groups excluding carboxylic acids is 1. The number of rotatable bonds is 9. The van der Waals surface area contributed by atoms with Crippen molar-refractivity contribution in [2.75, 3.05) is 13.2 Å². The number of fused-ring (bicyclic) bond motifs is 1. The van der Waals surface area contributed by atoms with E-state index in [4.69, 9.17) is 4.74 Å². The van der Waals surface area contributed by atoms with Crippen LogP contribution < -0.4 is 4.74 Å². The molecule has 0 saturated carbocycles. The second kappa shape index (κ2) is 9.66. The first-order valence-corrected chi connectivity index (χ1v) is 10.6. The van der Waals surface area contributed by atoms with Gasteiger partial charge in [-0.05, 0) is 43.3 Å². The number of nitrogens with zero attached hydrogens (tertiary/aromatic N) is 3. The standard InChI is InChI=1S/C25H23F2N3O4/c1-16-23(20(33)12-25(14-31,15-32)22-9-2-3-10-28-22)30-11-5-8-21(24(30)29-16)34-13-17-18(26)6-4-7-19(17)27/h2-11,31-32H,12-15H2,1H3. The second-order valence-electron chi connectivity index (χ2n) is 8.01. The molecule has 9 heteroatoms. The van der Waals surface area contributed by atoms with Gasteiger partial charge in [0.15, 0.2) is 17.2 Å². The molecule has 4 aromatic rings. The van der Waals surface area contributed by atoms with Crippen molar-refractivity contribution in [1.29, 1.82) is 0 Å². The van der Waals surface area contributed by atoms with Crippen molar-refractivity contribution in [2.24, 2.45) is 0 Å². The van der Waals surface area contributed by atoms with Crippen molar-refractivity contribution in [3.05, 3.63) is 95.2 Å². The van der Waals surface area contributed by atoms with Crippen LogP contribution in [0.2, 0.25) is 0 Å². The quantitative estimate of drug-likeness (QED) is 0.367. The number of hydrogen-bond acceptors (Lipinski definition) is 6. The topological polar surface area (TPSA) is 97.0 Å². The number of aliphatic hydroxyl groups excluding tert-OH is 2. The zero-order valence-electron chi connectivity index (χ0n) is 18.4. The molecule has 0 atom stereocenters. The summed E-state index contributed by atoms with van der Waals surface area (Å²) in [6, 6.07) is 11.9. The van der Waals surface area contributed by atoms with Crippen molar-refractivity contribution >= 4 is 11.4 Å². The van der Waals surface area contributed by atoms with E-state index in [2.05, 4.69) is 9.97 Å². The molecule has 34 heavy (non-hydrogen) atoms. The van der Waals surface area contributed by atoms with Gasteiger partial charge in [0, 0.05) is 18.8 Å². The lowest BCUT2D eigenvalue weighted by Gasteiger charge is -2.28. The Hall–Kier alpha value is -3.69. The fraction of sp³-hybridized carbons (Fsp3) is 0.240. The minimum absolute atomic E-state index is 0.211. The Morgan fingerprint density at radius 3 is 2.44 bits per heavy atom. The molecule has 0 aliphatic rings. The molecule has 4 rings (SSSR count). The molecule has 0 bridgehead atoms. The zero-order valence-corrected chi connectivity index (χ0v) is 18.4. The first kappa shape index (κ1) is 23.5. The third-order valence-electron chi connectivity index (χ3n) is 5.80. The highest BCUT2D eigenvalue weighted by atomic mass is 19.1. The van der Waals surface area contributed by atoms with Crippen molar-refractivity contribution in [3.63, 3.8) is 0 Å². The maximum Gasteiger partial charge on any atom is 0.182 e. The van der Waals surface area contributed by atoms with Crippen molar-refractivity contribution in [2.45, 2.75) is 25.4 Å². The Morgan fingerprint density at radius 2 is 1.79 bits per heavy atom. The summed E-state index contributed by atoms with van der Waals surface area (Å²) < 4.78 is 35.1. The van der Waals surface area contributed by atoms with Crippen LogP contribution in [-0.2, 0) is 12.0 Å². The normalized spacial score (nSPS) is 11.7. The number of benzene rings is 1. The van der Waals surface area contributed by atoms with Gasteiger partial charge < -0.3 is 14.9 Å². The van der Waals surface area contributed by atoms with Crippen LogP contribution in [0.25, 0.3) is 5.65 Å². The summed E-state index contributed by atoms with van der Waals surface area (Å²) in [7, 11) is 0. The fourth-order valence-electron chi connectivity index (χ4n) is 3.91. The first-order valence-electron chi connectivity index (χ1n) is 10.6. The number of imidazole rings is 1. The van der Waals surface area contributed by atoms with E-state index in [0.29, 0.717) is 17.0 Å². The molecule has 176 valence electrons. The molecule has 2 N–H and O–H groups in total. The largest absolute Gasteiger partial charge is 0.485 e. The molecule has 3 aromatic heterocycles. The van der Waals surface area contributed by atoms with Crippen LogP contribution in [0.3, 0.4) is 0 Å². The van der Waals surface area contributed by atoms with E-state index in [1.54, 1.807) is 43.5 Å². The smallest absolute Gasteiger partial charge is 0.182 e. The Labute approximate surface area is 194 Å². The predicted molar refractivity (Wildman–Crippen MR) is 120 cm³/mol. The van der Waals surface area contributed by atoms with Crippen molar-refractivity contribution < 1.29 is 28.5 Å². The van der Waals surface area contributed by atoms with Crippen LogP contribution in [-0.4, -0.2) is 43.6 Å². The van der Waals surface area contributed by atoms with E-state index in [9.17, 15) is 23.8 Å². The minimum Gasteiger partial charge on any atom is -0.485 e. The summed E-state index contributed by atoms with van der Waals surface area (Å²) in [6.07, 6.45) is 2.94. The van der Waals surface area contributed by atoms with Gasteiger partial charge in [-0.15, -0.1) is 0 Å². The summed E-state index contributed by atoms with van der Waals surface area (Å²) in [5.74, 6) is -1.56. The highest BCUT2D eigenvalue weighted by Crippen LogP contribution is 2.30. The molecule has 0 spiro atoms. The summed E-state index contributed by atoms with van der Waals surface area (Å²) >= 11 is 0. The Morgan fingerprint density at radius 1 is 1.06 bits per heavy atom. The minimum atomic E-state index is -1.27. The van der Waals surface area contributed by atoms with E-state index in [1.807, 2.05) is 0 Å². The fourth-order valence-corrected chi connectivity index (χ4v) is 3.91. The summed E-state index contributed by atoms with van der Waals surface area (Å²) in [5, 5.41) is 20.1. The molecule has 0 fully saturated rings. The summed E-state index contributed by atoms with van der Waals surface area (Å²) in [6.45, 7) is 0.335. The average molecular weight is 467 g/mol. The highest BCUT2D eigenvalue weighted by molar-refractivity contribution is 5.97. The molecule has 0 aliphatic carbocycles. The monoisotopic (exact) mass is 467 g/mol. The number of Topliss-reactive ketones (excluding diaryl/α,β-unsaturated/α-hetero) is 1. The van der Waals surface area contributed by atoms with Gasteiger partial charge in [-0.1, -0.05) is 12.1 Å². The number of aromatic nitrogens is 3. The lowest BCUT2D eigenvalue weighted by molar-refractivity contribution is 0.0771. The zero-order chi connectivity index (χ0) is 24.3. The second-order valence-corrected chi connectivity index (χ2v) is 8.01. The van der Waals surface area contributed by atoms with Gasteiger partial charge >= 0.3 is 0 Å². The Bertz CT molecular complexity index is 1300. The van der Waals surface area contributed by atoms with E-state index in [-0.39, 0.29) is 35.8 Å². The highest BCUT2D eigenvalue weighted by Gasteiger charge is 2.36.